The van der Waals surface area contributed by atoms with Crippen molar-refractivity contribution in [2.75, 3.05) is 18.4 Å². The van der Waals surface area contributed by atoms with Crippen molar-refractivity contribution in [1.82, 2.24) is 19.4 Å². The number of aromatic nitrogens is 3. The summed E-state index contributed by atoms with van der Waals surface area (Å²) in [5.41, 5.74) is 2.86. The Bertz CT molecular complexity index is 1230. The van der Waals surface area contributed by atoms with Crippen LogP contribution in [0.3, 0.4) is 0 Å². The Morgan fingerprint density at radius 2 is 1.78 bits per heavy atom. The van der Waals surface area contributed by atoms with Crippen LogP contribution in [0.5, 0.6) is 0 Å². The molecule has 1 aliphatic heterocycles. The molecule has 1 saturated heterocycles. The van der Waals surface area contributed by atoms with Gasteiger partial charge in [0.1, 0.15) is 5.65 Å². The fraction of sp³-hybridized carbons (Fsp3) is 0.536. The van der Waals surface area contributed by atoms with Gasteiger partial charge in [-0.05, 0) is 42.9 Å². The summed E-state index contributed by atoms with van der Waals surface area (Å²) in [4.78, 5) is 24.0. The number of fused-ring (bicyclic) bond motifs is 1. The molecule has 2 aliphatic rings. The van der Waals surface area contributed by atoms with Crippen molar-refractivity contribution in [3.05, 3.63) is 64.1 Å². The van der Waals surface area contributed by atoms with E-state index in [1.165, 1.54) is 19.3 Å². The molecule has 1 atom stereocenters. The minimum Gasteiger partial charge on any atom is -0.348 e. The number of benzene rings is 1. The Labute approximate surface area is 210 Å². The van der Waals surface area contributed by atoms with Gasteiger partial charge < -0.3 is 5.32 Å². The van der Waals surface area contributed by atoms with Gasteiger partial charge in [0.25, 0.3) is 11.5 Å². The average Bonchev–Trinajstić information content (AvgIpc) is 2.88. The summed E-state index contributed by atoms with van der Waals surface area (Å²) in [5.74, 6) is -1.50. The maximum atomic E-state index is 13.4. The number of halogens is 2. The first-order valence-corrected chi connectivity index (χ1v) is 13.2. The number of pyridine rings is 1. The van der Waals surface area contributed by atoms with Gasteiger partial charge in [0, 0.05) is 56.7 Å². The van der Waals surface area contributed by atoms with Crippen molar-refractivity contribution in [2.24, 2.45) is 5.92 Å². The van der Waals surface area contributed by atoms with Gasteiger partial charge in [0.2, 0.25) is 5.95 Å². The molecule has 5 rings (SSSR count). The number of hydrogen-bond donors (Lipinski definition) is 1. The molecule has 0 radical (unpaired) electrons. The molecule has 3 heterocycles. The second-order valence-electron chi connectivity index (χ2n) is 10.5. The van der Waals surface area contributed by atoms with E-state index in [0.717, 1.165) is 29.4 Å². The number of hydrogen-bond acceptors (Lipinski definition) is 5. The third-order valence-electron chi connectivity index (χ3n) is 7.71. The van der Waals surface area contributed by atoms with Gasteiger partial charge >= 0.3 is 0 Å². The molecule has 36 heavy (non-hydrogen) atoms. The molecule has 0 spiro atoms. The maximum Gasteiger partial charge on any atom is 0.252 e. The van der Waals surface area contributed by atoms with Crippen molar-refractivity contribution in [3.8, 4) is 0 Å². The van der Waals surface area contributed by atoms with E-state index < -0.39 is 5.92 Å². The molecule has 8 heteroatoms. The third kappa shape index (κ3) is 5.91. The summed E-state index contributed by atoms with van der Waals surface area (Å²) in [6.45, 7) is 4.30. The van der Waals surface area contributed by atoms with Crippen molar-refractivity contribution >= 4 is 17.0 Å². The minimum atomic E-state index is -2.52. The molecular weight excluding hydrogens is 460 g/mol. The lowest BCUT2D eigenvalue weighted by Gasteiger charge is -2.31. The molecular formula is C28H35F2N5O. The van der Waals surface area contributed by atoms with Gasteiger partial charge in [0.05, 0.1) is 6.04 Å². The smallest absolute Gasteiger partial charge is 0.252 e. The van der Waals surface area contributed by atoms with Crippen LogP contribution in [-0.2, 0) is 13.1 Å². The van der Waals surface area contributed by atoms with Gasteiger partial charge in [0.15, 0.2) is 0 Å². The fourth-order valence-corrected chi connectivity index (χ4v) is 5.43. The lowest BCUT2D eigenvalue weighted by molar-refractivity contribution is -0.0566. The summed E-state index contributed by atoms with van der Waals surface area (Å²) in [6.07, 6.45) is 7.73. The highest BCUT2D eigenvalue weighted by Gasteiger charge is 2.33. The minimum absolute atomic E-state index is 0.0150. The quantitative estimate of drug-likeness (QED) is 0.450. The highest BCUT2D eigenvalue weighted by molar-refractivity contribution is 5.75. The van der Waals surface area contributed by atoms with Crippen LogP contribution in [-0.4, -0.2) is 38.4 Å². The average molecular weight is 496 g/mol. The number of piperidine rings is 1. The van der Waals surface area contributed by atoms with Crippen LogP contribution in [0.4, 0.5) is 14.7 Å². The molecule has 0 amide bonds. The summed E-state index contributed by atoms with van der Waals surface area (Å²) in [5, 5.41) is 4.24. The number of likely N-dealkylation sites (tertiary alicyclic amines) is 1. The Morgan fingerprint density at radius 1 is 1.06 bits per heavy atom. The van der Waals surface area contributed by atoms with Crippen LogP contribution >= 0.6 is 0 Å². The standard InChI is InChI=1S/C28H35F2N5O/c1-20(23-9-7-22(8-10-23)18-34-15-13-28(29,30)14-16-34)32-27-31-17-24-11-12-25(36)35(26(24)33-27)19-21-5-3-2-4-6-21/h7-12,17,20-21H,2-6,13-16,18-19H2,1H3,(H,31,32,33)/t20-/m0/s1. The van der Waals surface area contributed by atoms with Gasteiger partial charge in [-0.2, -0.15) is 4.98 Å². The monoisotopic (exact) mass is 495 g/mol. The zero-order valence-corrected chi connectivity index (χ0v) is 20.9. The molecule has 1 aliphatic carbocycles. The predicted molar refractivity (Wildman–Crippen MR) is 138 cm³/mol. The van der Waals surface area contributed by atoms with Crippen LogP contribution in [0.2, 0.25) is 0 Å². The predicted octanol–water partition coefficient (Wildman–Crippen LogP) is 5.78. The highest BCUT2D eigenvalue weighted by Crippen LogP contribution is 2.29. The molecule has 6 nitrogen and oxygen atoms in total. The molecule has 0 unspecified atom stereocenters. The second-order valence-corrected chi connectivity index (χ2v) is 10.5. The molecule has 2 aromatic heterocycles. The largest absolute Gasteiger partial charge is 0.348 e. The molecule has 2 fully saturated rings. The van der Waals surface area contributed by atoms with Crippen LogP contribution in [0.15, 0.2) is 47.4 Å². The first-order valence-electron chi connectivity index (χ1n) is 13.2. The van der Waals surface area contributed by atoms with Crippen molar-refractivity contribution in [2.45, 2.75) is 76.9 Å². The highest BCUT2D eigenvalue weighted by atomic mass is 19.3. The number of anilines is 1. The molecule has 1 saturated carbocycles. The van der Waals surface area contributed by atoms with Crippen molar-refractivity contribution < 1.29 is 8.78 Å². The van der Waals surface area contributed by atoms with Gasteiger partial charge in [-0.15, -0.1) is 0 Å². The number of alkyl halides is 2. The number of nitrogens with zero attached hydrogens (tertiary/aromatic N) is 4. The Balaban J connectivity index is 1.26. The lowest BCUT2D eigenvalue weighted by Crippen LogP contribution is -2.38. The first kappa shape index (κ1) is 24.8. The molecule has 1 aromatic carbocycles. The second kappa shape index (κ2) is 10.6. The van der Waals surface area contributed by atoms with Gasteiger partial charge in [-0.25, -0.2) is 13.8 Å². The summed E-state index contributed by atoms with van der Waals surface area (Å²) < 4.78 is 28.6. The van der Waals surface area contributed by atoms with E-state index in [0.29, 0.717) is 43.7 Å². The van der Waals surface area contributed by atoms with Crippen molar-refractivity contribution in [3.63, 3.8) is 0 Å². The molecule has 1 N–H and O–H groups in total. The Hall–Kier alpha value is -2.87. The normalized spacial score (nSPS) is 19.9. The summed E-state index contributed by atoms with van der Waals surface area (Å²) in [6, 6.07) is 11.6. The van der Waals surface area contributed by atoms with Crippen LogP contribution in [0, 0.1) is 5.92 Å². The molecule has 3 aromatic rings. The van der Waals surface area contributed by atoms with E-state index in [9.17, 15) is 13.6 Å². The lowest BCUT2D eigenvalue weighted by atomic mass is 9.89. The zero-order valence-electron chi connectivity index (χ0n) is 20.9. The molecule has 0 bridgehead atoms. The van der Waals surface area contributed by atoms with E-state index in [1.54, 1.807) is 18.3 Å². The molecule has 192 valence electrons. The van der Waals surface area contributed by atoms with E-state index in [2.05, 4.69) is 46.4 Å². The first-order chi connectivity index (χ1) is 17.4. The zero-order chi connectivity index (χ0) is 25.1. The summed E-state index contributed by atoms with van der Waals surface area (Å²) >= 11 is 0. The fourth-order valence-electron chi connectivity index (χ4n) is 5.43. The Kier molecular flexibility index (Phi) is 7.32. The van der Waals surface area contributed by atoms with Gasteiger partial charge in [-0.3, -0.25) is 14.3 Å². The van der Waals surface area contributed by atoms with Gasteiger partial charge in [-0.1, -0.05) is 43.5 Å². The summed E-state index contributed by atoms with van der Waals surface area (Å²) in [7, 11) is 0. The number of nitrogens with one attached hydrogen (secondary N) is 1. The van der Waals surface area contributed by atoms with Crippen LogP contribution < -0.4 is 10.9 Å². The topological polar surface area (TPSA) is 63.1 Å². The third-order valence-corrected chi connectivity index (χ3v) is 7.71. The van der Waals surface area contributed by atoms with Crippen LogP contribution in [0.25, 0.3) is 11.0 Å². The van der Waals surface area contributed by atoms with E-state index >= 15 is 0 Å². The van der Waals surface area contributed by atoms with E-state index in [4.69, 9.17) is 4.98 Å². The van der Waals surface area contributed by atoms with E-state index in [1.807, 2.05) is 4.57 Å². The van der Waals surface area contributed by atoms with Crippen molar-refractivity contribution in [1.29, 1.82) is 0 Å². The van der Waals surface area contributed by atoms with Crippen LogP contribution in [0.1, 0.15) is 69.0 Å². The van der Waals surface area contributed by atoms with E-state index in [-0.39, 0.29) is 24.4 Å². The Morgan fingerprint density at radius 3 is 2.50 bits per heavy atom. The maximum absolute atomic E-state index is 13.4. The number of rotatable bonds is 7. The SMILES string of the molecule is C[C@H](Nc1ncc2ccc(=O)n(CC3CCCCC3)c2n1)c1ccc(CN2CCC(F)(F)CC2)cc1.